The molecule has 1 aromatic heterocycles. The molecule has 1 aliphatic heterocycles. The van der Waals surface area contributed by atoms with Crippen molar-refractivity contribution in [1.82, 2.24) is 15.2 Å². The van der Waals surface area contributed by atoms with Crippen LogP contribution >= 0.6 is 24.8 Å². The molecule has 0 unspecified atom stereocenters. The van der Waals surface area contributed by atoms with Gasteiger partial charge in [-0.3, -0.25) is 9.78 Å². The van der Waals surface area contributed by atoms with E-state index in [2.05, 4.69) is 10.3 Å². The number of hydrogen-bond acceptors (Lipinski definition) is 3. The Morgan fingerprint density at radius 2 is 1.92 bits per heavy atom. The zero-order chi connectivity index (χ0) is 16.2. The monoisotopic (exact) mass is 387 g/mol. The van der Waals surface area contributed by atoms with Crippen LogP contribution in [0.1, 0.15) is 42.2 Å². The van der Waals surface area contributed by atoms with Crippen LogP contribution in [0.25, 0.3) is 0 Å². The third-order valence-electron chi connectivity index (χ3n) is 3.78. The second-order valence-corrected chi connectivity index (χ2v) is 5.41. The molecule has 0 radical (unpaired) electrons. The van der Waals surface area contributed by atoms with Gasteiger partial charge in [0.1, 0.15) is 5.69 Å². The molecule has 2 heterocycles. The molecule has 1 N–H and O–H groups in total. The van der Waals surface area contributed by atoms with E-state index < -0.39 is 11.7 Å². The Bertz CT molecular complexity index is 506. The number of alkyl halides is 3. The van der Waals surface area contributed by atoms with Crippen LogP contribution in [0.5, 0.6) is 0 Å². The normalized spacial score (nSPS) is 15.2. The van der Waals surface area contributed by atoms with Crippen molar-refractivity contribution in [3.05, 3.63) is 29.6 Å². The van der Waals surface area contributed by atoms with E-state index in [-0.39, 0.29) is 42.5 Å². The highest BCUT2D eigenvalue weighted by Gasteiger charge is 2.32. The fraction of sp³-hybridized carbons (Fsp3) is 0.600. The number of nitrogens with zero attached hydrogens (tertiary/aromatic N) is 2. The predicted molar refractivity (Wildman–Crippen MR) is 91.0 cm³/mol. The van der Waals surface area contributed by atoms with E-state index in [1.54, 1.807) is 4.90 Å². The molecule has 1 fully saturated rings. The van der Waals surface area contributed by atoms with Crippen molar-refractivity contribution < 1.29 is 18.0 Å². The first kappa shape index (κ1) is 22.9. The van der Waals surface area contributed by atoms with Crippen LogP contribution < -0.4 is 5.32 Å². The van der Waals surface area contributed by atoms with Gasteiger partial charge in [0, 0.05) is 18.8 Å². The summed E-state index contributed by atoms with van der Waals surface area (Å²) in [5, 5.41) is 3.24. The molecule has 1 aromatic rings. The highest BCUT2D eigenvalue weighted by molar-refractivity contribution is 5.92. The number of aromatic nitrogens is 1. The molecule has 1 aliphatic rings. The highest BCUT2D eigenvalue weighted by Crippen LogP contribution is 2.28. The predicted octanol–water partition coefficient (Wildman–Crippen LogP) is 3.55. The minimum atomic E-state index is -4.44. The second kappa shape index (κ2) is 10.1. The molecule has 9 heteroatoms. The van der Waals surface area contributed by atoms with Gasteiger partial charge < -0.3 is 10.2 Å². The van der Waals surface area contributed by atoms with Crippen molar-refractivity contribution >= 4 is 30.7 Å². The van der Waals surface area contributed by atoms with Gasteiger partial charge in [0.2, 0.25) is 0 Å². The maximum absolute atomic E-state index is 12.6. The van der Waals surface area contributed by atoms with Crippen molar-refractivity contribution in [2.45, 2.75) is 38.4 Å². The van der Waals surface area contributed by atoms with Gasteiger partial charge in [0.25, 0.3) is 5.91 Å². The van der Waals surface area contributed by atoms with Crippen LogP contribution in [0.3, 0.4) is 0 Å². The lowest BCUT2D eigenvalue weighted by atomic mass is 10.0. The average Bonchev–Trinajstić information content (AvgIpc) is 2.52. The number of hydrogen-bond donors (Lipinski definition) is 1. The first-order chi connectivity index (χ1) is 10.4. The highest BCUT2D eigenvalue weighted by atomic mass is 35.5. The van der Waals surface area contributed by atoms with Crippen molar-refractivity contribution in [2.24, 2.45) is 0 Å². The summed E-state index contributed by atoms with van der Waals surface area (Å²) in [6, 6.07) is 2.19. The molecular formula is C15H22Cl2F3N3O. The number of nitrogens with one attached hydrogen (secondary N) is 1. The van der Waals surface area contributed by atoms with Gasteiger partial charge in [-0.25, -0.2) is 0 Å². The van der Waals surface area contributed by atoms with E-state index >= 15 is 0 Å². The minimum absolute atomic E-state index is 0. The second-order valence-electron chi connectivity index (χ2n) is 5.41. The molecule has 1 saturated heterocycles. The smallest absolute Gasteiger partial charge is 0.334 e. The summed E-state index contributed by atoms with van der Waals surface area (Å²) >= 11 is 0. The number of pyridine rings is 1. The fourth-order valence-corrected chi connectivity index (χ4v) is 2.64. The van der Waals surface area contributed by atoms with Gasteiger partial charge in [-0.1, -0.05) is 6.92 Å². The van der Waals surface area contributed by atoms with Gasteiger partial charge in [-0.2, -0.15) is 13.2 Å². The minimum Gasteiger partial charge on any atom is -0.334 e. The van der Waals surface area contributed by atoms with Gasteiger partial charge in [-0.05, 0) is 44.5 Å². The van der Waals surface area contributed by atoms with Crippen LogP contribution in [0, 0.1) is 0 Å². The Kier molecular flexibility index (Phi) is 9.62. The SMILES string of the molecule is CCCN(C(=O)c1ccc(C(F)(F)F)cn1)C1CCNCC1.Cl.Cl. The number of halogens is 5. The van der Waals surface area contributed by atoms with Crippen LogP contribution in [0.2, 0.25) is 0 Å². The lowest BCUT2D eigenvalue weighted by Gasteiger charge is -2.34. The standard InChI is InChI=1S/C15H20F3N3O.2ClH/c1-2-9-21(12-5-7-19-8-6-12)14(22)13-4-3-11(10-20-13)15(16,17)18;;/h3-4,10,12,19H,2,5-9H2,1H3;2*1H. The third-order valence-corrected chi connectivity index (χ3v) is 3.78. The maximum atomic E-state index is 12.6. The number of carbonyl (C=O) groups excluding carboxylic acids is 1. The molecule has 0 spiro atoms. The zero-order valence-electron chi connectivity index (χ0n) is 13.3. The lowest BCUT2D eigenvalue weighted by Crippen LogP contribution is -2.46. The fourth-order valence-electron chi connectivity index (χ4n) is 2.64. The molecule has 0 bridgehead atoms. The Morgan fingerprint density at radius 1 is 1.29 bits per heavy atom. The summed E-state index contributed by atoms with van der Waals surface area (Å²) in [6.45, 7) is 4.25. The van der Waals surface area contributed by atoms with Crippen molar-refractivity contribution in [2.75, 3.05) is 19.6 Å². The quantitative estimate of drug-likeness (QED) is 0.858. The maximum Gasteiger partial charge on any atom is 0.417 e. The average molecular weight is 388 g/mol. The van der Waals surface area contributed by atoms with E-state index in [0.717, 1.165) is 50.7 Å². The Hall–Kier alpha value is -1.05. The van der Waals surface area contributed by atoms with Crippen molar-refractivity contribution in [3.63, 3.8) is 0 Å². The summed E-state index contributed by atoms with van der Waals surface area (Å²) in [5.41, 5.74) is -0.770. The largest absolute Gasteiger partial charge is 0.417 e. The first-order valence-electron chi connectivity index (χ1n) is 7.48. The number of amides is 1. The molecule has 24 heavy (non-hydrogen) atoms. The van der Waals surface area contributed by atoms with Crippen LogP contribution in [0.4, 0.5) is 13.2 Å². The van der Waals surface area contributed by atoms with Crippen LogP contribution in [-0.2, 0) is 6.18 Å². The number of piperidine rings is 1. The Morgan fingerprint density at radius 3 is 2.38 bits per heavy atom. The number of rotatable bonds is 4. The molecule has 0 aromatic carbocycles. The van der Waals surface area contributed by atoms with Gasteiger partial charge >= 0.3 is 6.18 Å². The van der Waals surface area contributed by atoms with Crippen molar-refractivity contribution in [3.8, 4) is 0 Å². The molecule has 0 saturated carbocycles. The van der Waals surface area contributed by atoms with Crippen LogP contribution in [0.15, 0.2) is 18.3 Å². The van der Waals surface area contributed by atoms with Gasteiger partial charge in [-0.15, -0.1) is 24.8 Å². The van der Waals surface area contributed by atoms with Crippen molar-refractivity contribution in [1.29, 1.82) is 0 Å². The van der Waals surface area contributed by atoms with E-state index in [0.29, 0.717) is 6.54 Å². The zero-order valence-corrected chi connectivity index (χ0v) is 14.9. The summed E-state index contributed by atoms with van der Waals surface area (Å²) in [7, 11) is 0. The first-order valence-corrected chi connectivity index (χ1v) is 7.48. The molecule has 0 aliphatic carbocycles. The Labute approximate surface area is 152 Å². The van der Waals surface area contributed by atoms with E-state index in [1.165, 1.54) is 0 Å². The molecule has 2 rings (SSSR count). The summed E-state index contributed by atoms with van der Waals surface area (Å²) in [6.07, 6.45) is -1.21. The lowest BCUT2D eigenvalue weighted by molar-refractivity contribution is -0.137. The molecule has 0 atom stereocenters. The summed E-state index contributed by atoms with van der Waals surface area (Å²) < 4.78 is 37.6. The van der Waals surface area contributed by atoms with E-state index in [4.69, 9.17) is 0 Å². The van der Waals surface area contributed by atoms with Gasteiger partial charge in [0.15, 0.2) is 0 Å². The third kappa shape index (κ3) is 5.79. The van der Waals surface area contributed by atoms with Crippen LogP contribution in [-0.4, -0.2) is 41.5 Å². The Balaban J connectivity index is 0.00000264. The molecule has 4 nitrogen and oxygen atoms in total. The molecule has 138 valence electrons. The summed E-state index contributed by atoms with van der Waals surface area (Å²) in [4.78, 5) is 18.0. The van der Waals surface area contributed by atoms with Gasteiger partial charge in [0.05, 0.1) is 5.56 Å². The van der Waals surface area contributed by atoms with E-state index in [9.17, 15) is 18.0 Å². The van der Waals surface area contributed by atoms with E-state index in [1.807, 2.05) is 6.92 Å². The number of carbonyl (C=O) groups is 1. The summed E-state index contributed by atoms with van der Waals surface area (Å²) in [5.74, 6) is -0.289. The topological polar surface area (TPSA) is 45.2 Å². The molecule has 1 amide bonds. The molecular weight excluding hydrogens is 366 g/mol.